The predicted octanol–water partition coefficient (Wildman–Crippen LogP) is 3.19. The second-order valence-electron chi connectivity index (χ2n) is 3.95. The van der Waals surface area contributed by atoms with E-state index in [0.717, 1.165) is 5.30 Å². The number of carbonyl (C=O) groups excluding carboxylic acids is 1. The zero-order valence-electron chi connectivity index (χ0n) is 9.72. The third-order valence-electron chi connectivity index (χ3n) is 2.32. The molecule has 0 bridgehead atoms. The molecule has 16 heavy (non-hydrogen) atoms. The molecule has 0 fully saturated rings. The summed E-state index contributed by atoms with van der Waals surface area (Å²) in [6, 6.07) is 9.42. The van der Waals surface area contributed by atoms with Crippen molar-refractivity contribution in [3.05, 3.63) is 42.2 Å². The van der Waals surface area contributed by atoms with E-state index in [-0.39, 0.29) is 5.78 Å². The van der Waals surface area contributed by atoms with Crippen molar-refractivity contribution in [2.75, 3.05) is 6.66 Å². The van der Waals surface area contributed by atoms with Crippen molar-refractivity contribution in [3.63, 3.8) is 0 Å². The number of benzene rings is 1. The molecule has 86 valence electrons. The Labute approximate surface area is 96.7 Å². The third-order valence-corrected chi connectivity index (χ3v) is 4.43. The molecule has 0 saturated carbocycles. The van der Waals surface area contributed by atoms with Crippen LogP contribution in [0.3, 0.4) is 0 Å². The minimum absolute atomic E-state index is 0.162. The SMILES string of the molecule is CC(=O)CC/C=C/P(C)(=O)c1ccccc1. The van der Waals surface area contributed by atoms with Gasteiger partial charge in [-0.1, -0.05) is 36.4 Å². The fraction of sp³-hybridized carbons (Fsp3) is 0.308. The van der Waals surface area contributed by atoms with Crippen LogP contribution in [0.5, 0.6) is 0 Å². The summed E-state index contributed by atoms with van der Waals surface area (Å²) in [6.45, 7) is 3.31. The van der Waals surface area contributed by atoms with E-state index in [2.05, 4.69) is 0 Å². The average molecular weight is 236 g/mol. The van der Waals surface area contributed by atoms with E-state index < -0.39 is 7.14 Å². The van der Waals surface area contributed by atoms with Crippen molar-refractivity contribution < 1.29 is 9.36 Å². The van der Waals surface area contributed by atoms with E-state index in [1.807, 2.05) is 36.4 Å². The van der Waals surface area contributed by atoms with Crippen LogP contribution in [-0.4, -0.2) is 12.4 Å². The van der Waals surface area contributed by atoms with Crippen molar-refractivity contribution in [1.82, 2.24) is 0 Å². The van der Waals surface area contributed by atoms with Crippen molar-refractivity contribution in [1.29, 1.82) is 0 Å². The first-order valence-electron chi connectivity index (χ1n) is 5.32. The molecule has 0 amide bonds. The van der Waals surface area contributed by atoms with Crippen LogP contribution < -0.4 is 5.30 Å². The van der Waals surface area contributed by atoms with Gasteiger partial charge in [0.2, 0.25) is 0 Å². The first kappa shape index (κ1) is 12.9. The summed E-state index contributed by atoms with van der Waals surface area (Å²) in [4.78, 5) is 10.7. The lowest BCUT2D eigenvalue weighted by molar-refractivity contribution is -0.116. The summed E-state index contributed by atoms with van der Waals surface area (Å²) >= 11 is 0. The van der Waals surface area contributed by atoms with E-state index in [0.29, 0.717) is 12.8 Å². The lowest BCUT2D eigenvalue weighted by atomic mass is 10.2. The number of carbonyl (C=O) groups is 1. The van der Waals surface area contributed by atoms with Gasteiger partial charge in [-0.3, -0.25) is 0 Å². The highest BCUT2D eigenvalue weighted by molar-refractivity contribution is 7.73. The minimum atomic E-state index is -2.40. The van der Waals surface area contributed by atoms with E-state index in [9.17, 15) is 9.36 Å². The lowest BCUT2D eigenvalue weighted by Crippen LogP contribution is -2.00. The molecule has 0 aliphatic heterocycles. The highest BCUT2D eigenvalue weighted by Gasteiger charge is 2.12. The van der Waals surface area contributed by atoms with Gasteiger partial charge in [-0.2, -0.15) is 0 Å². The molecule has 1 rings (SSSR count). The van der Waals surface area contributed by atoms with E-state index in [1.165, 1.54) is 0 Å². The number of hydrogen-bond donors (Lipinski definition) is 0. The largest absolute Gasteiger partial charge is 0.315 e. The van der Waals surface area contributed by atoms with E-state index in [4.69, 9.17) is 0 Å². The lowest BCUT2D eigenvalue weighted by Gasteiger charge is -2.07. The first-order valence-corrected chi connectivity index (χ1v) is 7.54. The third kappa shape index (κ3) is 4.16. The molecule has 2 nitrogen and oxygen atoms in total. The molecule has 3 heteroatoms. The Bertz CT molecular complexity index is 421. The van der Waals surface area contributed by atoms with Gasteiger partial charge in [-0.15, -0.1) is 0 Å². The topological polar surface area (TPSA) is 34.1 Å². The average Bonchev–Trinajstić information content (AvgIpc) is 2.26. The van der Waals surface area contributed by atoms with Crippen LogP contribution in [0.25, 0.3) is 0 Å². The van der Waals surface area contributed by atoms with Gasteiger partial charge < -0.3 is 9.36 Å². The van der Waals surface area contributed by atoms with Crippen molar-refractivity contribution in [3.8, 4) is 0 Å². The second-order valence-corrected chi connectivity index (χ2v) is 6.75. The van der Waals surface area contributed by atoms with Crippen LogP contribution in [0, 0.1) is 0 Å². The summed E-state index contributed by atoms with van der Waals surface area (Å²) in [5.74, 6) is 1.90. The summed E-state index contributed by atoms with van der Waals surface area (Å²) in [5, 5.41) is 0.856. The smallest absolute Gasteiger partial charge is 0.133 e. The Hall–Kier alpha value is -1.14. The van der Waals surface area contributed by atoms with Crippen LogP contribution in [0.4, 0.5) is 0 Å². The van der Waals surface area contributed by atoms with Gasteiger partial charge in [0.1, 0.15) is 12.9 Å². The Morgan fingerprint density at radius 3 is 2.50 bits per heavy atom. The molecule has 0 N–H and O–H groups in total. The maximum Gasteiger partial charge on any atom is 0.133 e. The van der Waals surface area contributed by atoms with Crippen LogP contribution in [-0.2, 0) is 9.36 Å². The van der Waals surface area contributed by atoms with Crippen LogP contribution in [0.1, 0.15) is 19.8 Å². The van der Waals surface area contributed by atoms with Gasteiger partial charge in [-0.25, -0.2) is 0 Å². The number of Topliss-reactive ketones (excluding diaryl/α,β-unsaturated/α-hetero) is 1. The van der Waals surface area contributed by atoms with Crippen molar-refractivity contribution in [2.45, 2.75) is 19.8 Å². The first-order chi connectivity index (χ1) is 7.52. The molecule has 1 atom stereocenters. The fourth-order valence-corrected chi connectivity index (χ4v) is 2.86. The Morgan fingerprint density at radius 1 is 1.31 bits per heavy atom. The van der Waals surface area contributed by atoms with Gasteiger partial charge in [0.15, 0.2) is 0 Å². The molecule has 0 aliphatic rings. The number of ketones is 1. The van der Waals surface area contributed by atoms with Gasteiger partial charge in [0, 0.05) is 11.7 Å². The molecular weight excluding hydrogens is 219 g/mol. The van der Waals surface area contributed by atoms with Crippen LogP contribution in [0.2, 0.25) is 0 Å². The molecule has 1 aromatic rings. The summed E-state index contributed by atoms with van der Waals surface area (Å²) in [5.41, 5.74) is 0. The van der Waals surface area contributed by atoms with Crippen LogP contribution >= 0.6 is 7.14 Å². The van der Waals surface area contributed by atoms with Gasteiger partial charge in [0.25, 0.3) is 0 Å². The quantitative estimate of drug-likeness (QED) is 0.736. The Morgan fingerprint density at radius 2 is 1.94 bits per heavy atom. The standard InChI is InChI=1S/C13H17O2P/c1-12(14)8-6-7-11-16(2,15)13-9-4-3-5-10-13/h3-5,7,9-11H,6,8H2,1-2H3/b11-7+. The molecule has 0 aliphatic carbocycles. The highest BCUT2D eigenvalue weighted by Crippen LogP contribution is 2.41. The number of rotatable bonds is 5. The maximum atomic E-state index is 12.3. The monoisotopic (exact) mass is 236 g/mol. The minimum Gasteiger partial charge on any atom is -0.315 e. The van der Waals surface area contributed by atoms with E-state index >= 15 is 0 Å². The molecule has 1 aromatic carbocycles. The molecule has 0 heterocycles. The predicted molar refractivity (Wildman–Crippen MR) is 68.7 cm³/mol. The summed E-state index contributed by atoms with van der Waals surface area (Å²) in [7, 11) is -2.40. The maximum absolute atomic E-state index is 12.3. The highest BCUT2D eigenvalue weighted by atomic mass is 31.2. The number of hydrogen-bond acceptors (Lipinski definition) is 2. The molecule has 1 unspecified atom stereocenters. The second kappa shape index (κ2) is 5.81. The normalized spacial score (nSPS) is 14.9. The molecule has 0 spiro atoms. The Kier molecular flexibility index (Phi) is 4.70. The zero-order chi connectivity index (χ0) is 12.0. The van der Waals surface area contributed by atoms with Crippen LogP contribution in [0.15, 0.2) is 42.2 Å². The summed E-state index contributed by atoms with van der Waals surface area (Å²) < 4.78 is 12.3. The van der Waals surface area contributed by atoms with E-state index in [1.54, 1.807) is 19.4 Å². The molecule has 0 aromatic heterocycles. The fourth-order valence-electron chi connectivity index (χ4n) is 1.37. The van der Waals surface area contributed by atoms with Crippen molar-refractivity contribution in [2.24, 2.45) is 0 Å². The van der Waals surface area contributed by atoms with Gasteiger partial charge in [0.05, 0.1) is 0 Å². The summed E-state index contributed by atoms with van der Waals surface area (Å²) in [6.07, 6.45) is 3.03. The molecule has 0 saturated heterocycles. The zero-order valence-corrected chi connectivity index (χ0v) is 10.6. The molecular formula is C13H17O2P. The van der Waals surface area contributed by atoms with Crippen molar-refractivity contribution >= 4 is 18.2 Å². The number of allylic oxidation sites excluding steroid dienone is 1. The van der Waals surface area contributed by atoms with Gasteiger partial charge >= 0.3 is 0 Å². The Balaban J connectivity index is 2.65. The molecule has 0 radical (unpaired) electrons. The van der Waals surface area contributed by atoms with Gasteiger partial charge in [-0.05, 0) is 25.8 Å².